The molecule has 0 bridgehead atoms. The molecule has 0 aromatic heterocycles. The maximum atomic E-state index is 9.97. The van der Waals surface area contributed by atoms with Gasteiger partial charge in [0.1, 0.15) is 42.7 Å². The van der Waals surface area contributed by atoms with Gasteiger partial charge in [-0.3, -0.25) is 0 Å². The summed E-state index contributed by atoms with van der Waals surface area (Å²) in [7, 11) is 0. The number of aliphatic hydroxyl groups is 9. The van der Waals surface area contributed by atoms with Crippen LogP contribution in [0.2, 0.25) is 0 Å². The molecule has 1 fully saturated rings. The van der Waals surface area contributed by atoms with Crippen molar-refractivity contribution in [2.75, 3.05) is 13.2 Å². The van der Waals surface area contributed by atoms with Crippen LogP contribution in [0.15, 0.2) is 0 Å². The highest BCUT2D eigenvalue weighted by molar-refractivity contribution is 4.93. The van der Waals surface area contributed by atoms with Gasteiger partial charge in [0.2, 0.25) is 0 Å². The molecule has 1 heterocycles. The number of rotatable bonds is 7. The Morgan fingerprint density at radius 3 is 2.00 bits per heavy atom. The molecule has 0 radical (unpaired) electrons. The van der Waals surface area contributed by atoms with Gasteiger partial charge in [-0.25, -0.2) is 0 Å². The number of hydrogen-bond acceptors (Lipinski definition) is 10. The Hall–Kier alpha value is -0.400. The van der Waals surface area contributed by atoms with E-state index in [1.165, 1.54) is 0 Å². The minimum absolute atomic E-state index is 0.277. The highest BCUT2D eigenvalue weighted by atomic mass is 16.5. The van der Waals surface area contributed by atoms with Crippen LogP contribution in [0.4, 0.5) is 0 Å². The highest BCUT2D eigenvalue weighted by Gasteiger charge is 2.44. The fourth-order valence-electron chi connectivity index (χ4n) is 2.32. The van der Waals surface area contributed by atoms with E-state index in [2.05, 4.69) is 0 Å². The molecule has 9 atom stereocenters. The zero-order valence-electron chi connectivity index (χ0n) is 11.8. The molecule has 132 valence electrons. The summed E-state index contributed by atoms with van der Waals surface area (Å²) < 4.78 is 5.14. The molecule has 0 aromatic rings. The van der Waals surface area contributed by atoms with Crippen molar-refractivity contribution < 1.29 is 50.7 Å². The van der Waals surface area contributed by atoms with E-state index in [1.807, 2.05) is 0 Å². The zero-order valence-corrected chi connectivity index (χ0v) is 11.8. The molecule has 22 heavy (non-hydrogen) atoms. The molecule has 9 N–H and O–H groups in total. The molecule has 1 rings (SSSR count). The van der Waals surface area contributed by atoms with Gasteiger partial charge in [0.05, 0.1) is 25.4 Å². The molecule has 1 aliphatic rings. The molecule has 0 saturated carbocycles. The Morgan fingerprint density at radius 1 is 0.909 bits per heavy atom. The predicted molar refractivity (Wildman–Crippen MR) is 69.5 cm³/mol. The third-order valence-electron chi connectivity index (χ3n) is 3.79. The summed E-state index contributed by atoms with van der Waals surface area (Å²) in [5, 5.41) is 85.1. The van der Waals surface area contributed by atoms with E-state index in [-0.39, 0.29) is 6.42 Å². The van der Waals surface area contributed by atoms with Crippen LogP contribution in [0.3, 0.4) is 0 Å². The van der Waals surface area contributed by atoms with Crippen LogP contribution in [-0.2, 0) is 4.74 Å². The minimum atomic E-state index is -1.99. The molecule has 0 spiro atoms. The third kappa shape index (κ3) is 4.32. The average Bonchev–Trinajstić information content (AvgIpc) is 2.53. The molecular weight excluding hydrogens is 304 g/mol. The van der Waals surface area contributed by atoms with Crippen molar-refractivity contribution in [3.63, 3.8) is 0 Å². The molecule has 0 amide bonds. The van der Waals surface area contributed by atoms with E-state index in [0.717, 1.165) is 0 Å². The summed E-state index contributed by atoms with van der Waals surface area (Å²) in [5.41, 5.74) is 0. The first-order chi connectivity index (χ1) is 10.2. The molecule has 1 aliphatic heterocycles. The Bertz CT molecular complexity index is 329. The van der Waals surface area contributed by atoms with Crippen LogP contribution in [0.5, 0.6) is 0 Å². The molecule has 0 aromatic carbocycles. The summed E-state index contributed by atoms with van der Waals surface area (Å²) >= 11 is 0. The van der Waals surface area contributed by atoms with Crippen molar-refractivity contribution in [1.82, 2.24) is 0 Å². The van der Waals surface area contributed by atoms with Crippen molar-refractivity contribution in [3.05, 3.63) is 0 Å². The van der Waals surface area contributed by atoms with Gasteiger partial charge < -0.3 is 50.7 Å². The molecule has 1 saturated heterocycles. The van der Waals surface area contributed by atoms with Crippen LogP contribution < -0.4 is 0 Å². The summed E-state index contributed by atoms with van der Waals surface area (Å²) in [6.07, 6.45) is -14.7. The van der Waals surface area contributed by atoms with Crippen molar-refractivity contribution >= 4 is 0 Å². The third-order valence-corrected chi connectivity index (χ3v) is 3.79. The Morgan fingerprint density at radius 2 is 1.50 bits per heavy atom. The SMILES string of the molecule is OC[C@@H](O)[C@@H](O)[C@H](O)[C@H](O)C(O)C1C[C@@H](O)[C@H](O)[C@@H](CO)O1. The van der Waals surface area contributed by atoms with Crippen LogP contribution in [0.1, 0.15) is 6.42 Å². The number of ether oxygens (including phenoxy) is 1. The minimum Gasteiger partial charge on any atom is -0.394 e. The summed E-state index contributed by atoms with van der Waals surface area (Å²) in [6, 6.07) is 0. The average molecular weight is 328 g/mol. The van der Waals surface area contributed by atoms with Crippen LogP contribution in [0.25, 0.3) is 0 Å². The van der Waals surface area contributed by atoms with E-state index in [4.69, 9.17) is 14.9 Å². The Kier molecular flexibility index (Phi) is 7.55. The zero-order chi connectivity index (χ0) is 17.0. The lowest BCUT2D eigenvalue weighted by Gasteiger charge is -2.40. The van der Waals surface area contributed by atoms with Crippen molar-refractivity contribution in [2.45, 2.75) is 61.4 Å². The van der Waals surface area contributed by atoms with E-state index in [0.29, 0.717) is 0 Å². The maximum absolute atomic E-state index is 9.97. The fraction of sp³-hybridized carbons (Fsp3) is 1.00. The van der Waals surface area contributed by atoms with Crippen molar-refractivity contribution in [3.8, 4) is 0 Å². The molecule has 2 unspecified atom stereocenters. The van der Waals surface area contributed by atoms with Crippen LogP contribution in [-0.4, -0.2) is 114 Å². The van der Waals surface area contributed by atoms with Gasteiger partial charge >= 0.3 is 0 Å². The lowest BCUT2D eigenvalue weighted by Crippen LogP contribution is -2.58. The molecular formula is C12H24O10. The van der Waals surface area contributed by atoms with Gasteiger partial charge in [-0.1, -0.05) is 0 Å². The van der Waals surface area contributed by atoms with Gasteiger partial charge in [-0.15, -0.1) is 0 Å². The second-order valence-electron chi connectivity index (χ2n) is 5.40. The molecule has 0 aliphatic carbocycles. The lowest BCUT2D eigenvalue weighted by atomic mass is 9.90. The lowest BCUT2D eigenvalue weighted by molar-refractivity contribution is -0.225. The second kappa shape index (κ2) is 8.45. The first-order valence-corrected chi connectivity index (χ1v) is 6.88. The Balaban J connectivity index is 2.71. The highest BCUT2D eigenvalue weighted by Crippen LogP contribution is 2.25. The smallest absolute Gasteiger partial charge is 0.111 e. The second-order valence-corrected chi connectivity index (χ2v) is 5.40. The van der Waals surface area contributed by atoms with Gasteiger partial charge in [-0.2, -0.15) is 0 Å². The van der Waals surface area contributed by atoms with E-state index in [9.17, 15) is 35.7 Å². The summed E-state index contributed by atoms with van der Waals surface area (Å²) in [4.78, 5) is 0. The van der Waals surface area contributed by atoms with Crippen LogP contribution in [0, 0.1) is 0 Å². The predicted octanol–water partition coefficient (Wildman–Crippen LogP) is -5.35. The topological polar surface area (TPSA) is 191 Å². The summed E-state index contributed by atoms with van der Waals surface area (Å²) in [5.74, 6) is 0. The first-order valence-electron chi connectivity index (χ1n) is 6.88. The standard InChI is InChI=1S/C12H24O10/c13-2-5(16)9(18)11(20)12(21)10(19)6-1-4(15)8(17)7(3-14)22-6/h4-21H,1-3H2/t4-,5-,6?,7-,8+,9-,10?,11+,12-/m1/s1. The molecule has 10 nitrogen and oxygen atoms in total. The van der Waals surface area contributed by atoms with E-state index in [1.54, 1.807) is 0 Å². The molecule has 10 heteroatoms. The van der Waals surface area contributed by atoms with E-state index < -0.39 is 68.1 Å². The van der Waals surface area contributed by atoms with Crippen molar-refractivity contribution in [1.29, 1.82) is 0 Å². The van der Waals surface area contributed by atoms with Crippen molar-refractivity contribution in [2.24, 2.45) is 0 Å². The summed E-state index contributed by atoms with van der Waals surface area (Å²) in [6.45, 7) is -1.50. The van der Waals surface area contributed by atoms with Gasteiger partial charge in [0, 0.05) is 6.42 Å². The van der Waals surface area contributed by atoms with E-state index >= 15 is 0 Å². The van der Waals surface area contributed by atoms with Gasteiger partial charge in [0.25, 0.3) is 0 Å². The number of hydrogen-bond donors (Lipinski definition) is 9. The quantitative estimate of drug-likeness (QED) is 0.218. The number of aliphatic hydroxyl groups excluding tert-OH is 9. The monoisotopic (exact) mass is 328 g/mol. The largest absolute Gasteiger partial charge is 0.394 e. The van der Waals surface area contributed by atoms with Crippen LogP contribution >= 0.6 is 0 Å². The normalized spacial score (nSPS) is 36.4. The Labute approximate surface area is 126 Å². The van der Waals surface area contributed by atoms with Gasteiger partial charge in [-0.05, 0) is 0 Å². The maximum Gasteiger partial charge on any atom is 0.111 e. The fourth-order valence-corrected chi connectivity index (χ4v) is 2.32. The first kappa shape index (κ1) is 19.6. The van der Waals surface area contributed by atoms with Gasteiger partial charge in [0.15, 0.2) is 0 Å².